The Morgan fingerprint density at radius 1 is 1.16 bits per heavy atom. The quantitative estimate of drug-likeness (QED) is 0.447. The van der Waals surface area contributed by atoms with Gasteiger partial charge >= 0.3 is 12.1 Å². The molecule has 1 fully saturated rings. The minimum atomic E-state index is -0.941. The lowest BCUT2D eigenvalue weighted by molar-refractivity contribution is -0.140. The highest BCUT2D eigenvalue weighted by molar-refractivity contribution is 5.87. The Morgan fingerprint density at radius 3 is 2.69 bits per heavy atom. The molecule has 1 saturated carbocycles. The van der Waals surface area contributed by atoms with E-state index in [-0.39, 0.29) is 23.8 Å². The number of carboxylic acid groups (broad SMARTS) is 1. The number of nitrogens with one attached hydrogen (secondary N) is 1. The van der Waals surface area contributed by atoms with Gasteiger partial charge in [-0.15, -0.1) is 0 Å². The average Bonchev–Trinajstić information content (AvgIpc) is 3.11. The van der Waals surface area contributed by atoms with Crippen LogP contribution < -0.4 is 5.32 Å². The maximum absolute atomic E-state index is 12.0. The molecule has 0 spiro atoms. The molecule has 1 aliphatic carbocycles. The van der Waals surface area contributed by atoms with Crippen LogP contribution in [0.1, 0.15) is 35.6 Å². The summed E-state index contributed by atoms with van der Waals surface area (Å²) in [5, 5.41) is 16.3. The second-order valence-electron chi connectivity index (χ2n) is 7.36. The number of anilines is 1. The molecule has 0 atom stereocenters. The van der Waals surface area contributed by atoms with Crippen LogP contribution in [0.3, 0.4) is 0 Å². The van der Waals surface area contributed by atoms with Crippen molar-refractivity contribution in [2.24, 2.45) is 0 Å². The fourth-order valence-corrected chi connectivity index (χ4v) is 3.23. The first kappa shape index (κ1) is 19.5. The molecule has 2 N–H and O–H groups in total. The molecule has 0 bridgehead atoms. The molecule has 160 valence electrons. The van der Waals surface area contributed by atoms with Crippen LogP contribution in [0.5, 0.6) is 0 Å². The highest BCUT2D eigenvalue weighted by Crippen LogP contribution is 2.50. The molecule has 1 aliphatic rings. The Morgan fingerprint density at radius 2 is 1.97 bits per heavy atom. The Balaban J connectivity index is 1.26. The largest absolute Gasteiger partial charge is 0.480 e. The van der Waals surface area contributed by atoms with Gasteiger partial charge in [0.15, 0.2) is 11.5 Å². The number of hydrogen-bond donors (Lipinski definition) is 2. The van der Waals surface area contributed by atoms with Gasteiger partial charge in [-0.25, -0.2) is 4.79 Å². The van der Waals surface area contributed by atoms with E-state index in [9.17, 15) is 14.7 Å². The first-order chi connectivity index (χ1) is 15.5. The van der Waals surface area contributed by atoms with E-state index >= 15 is 0 Å². The number of hydrogen-bond acceptors (Lipinski definition) is 7. The smallest absolute Gasteiger partial charge is 0.412 e. The number of carboxylic acids is 1. The Hall–Kier alpha value is -4.45. The van der Waals surface area contributed by atoms with E-state index in [2.05, 4.69) is 22.3 Å². The summed E-state index contributed by atoms with van der Waals surface area (Å²) in [6.45, 7) is 0.121. The van der Waals surface area contributed by atoms with Crippen LogP contribution in [-0.4, -0.2) is 22.3 Å². The molecule has 0 saturated heterocycles. The van der Waals surface area contributed by atoms with Gasteiger partial charge in [0.1, 0.15) is 29.7 Å². The SMILES string of the molecule is O=C(Nc1conc1C#Cc1cc2cc(C3(C(=O)O)CC3)oc2o1)OCc1ccccc1. The Kier molecular flexibility index (Phi) is 4.67. The van der Waals surface area contributed by atoms with E-state index in [1.807, 2.05) is 30.3 Å². The van der Waals surface area contributed by atoms with Crippen LogP contribution in [0.15, 0.2) is 62.1 Å². The zero-order valence-electron chi connectivity index (χ0n) is 16.6. The minimum absolute atomic E-state index is 0.121. The second kappa shape index (κ2) is 7.67. The monoisotopic (exact) mass is 432 g/mol. The van der Waals surface area contributed by atoms with E-state index < -0.39 is 17.5 Å². The standard InChI is InChI=1S/C23H16N2O7/c26-21(27)23(8-9-23)19-11-15-10-16(31-20(15)32-19)6-7-17-18(13-30-25-17)24-22(28)29-12-14-4-2-1-3-5-14/h1-5,10-11,13H,8-9,12H2,(H,24,28)(H,26,27). The van der Waals surface area contributed by atoms with E-state index in [0.29, 0.717) is 29.7 Å². The summed E-state index contributed by atoms with van der Waals surface area (Å²) in [4.78, 5) is 23.5. The third-order valence-electron chi connectivity index (χ3n) is 5.17. The number of carbonyl (C=O) groups excluding carboxylic acids is 1. The van der Waals surface area contributed by atoms with Crippen LogP contribution in [0.4, 0.5) is 10.5 Å². The lowest BCUT2D eigenvalue weighted by Gasteiger charge is -2.05. The number of rotatable bonds is 5. The van der Waals surface area contributed by atoms with Crippen molar-refractivity contribution in [1.82, 2.24) is 5.16 Å². The van der Waals surface area contributed by atoms with Crippen molar-refractivity contribution in [2.75, 3.05) is 5.32 Å². The van der Waals surface area contributed by atoms with Crippen LogP contribution in [0.25, 0.3) is 11.2 Å². The van der Waals surface area contributed by atoms with Crippen molar-refractivity contribution in [3.63, 3.8) is 0 Å². The molecule has 4 aromatic rings. The first-order valence-corrected chi connectivity index (χ1v) is 9.75. The van der Waals surface area contributed by atoms with Gasteiger partial charge in [0.25, 0.3) is 5.78 Å². The Bertz CT molecular complexity index is 1330. The van der Waals surface area contributed by atoms with Crippen molar-refractivity contribution in [3.8, 4) is 11.8 Å². The topological polar surface area (TPSA) is 128 Å². The van der Waals surface area contributed by atoms with E-state index in [4.69, 9.17) is 18.1 Å². The summed E-state index contributed by atoms with van der Waals surface area (Å²) in [6, 6.07) is 12.6. The summed E-state index contributed by atoms with van der Waals surface area (Å²) < 4.78 is 21.2. The van der Waals surface area contributed by atoms with Gasteiger partial charge in [0.2, 0.25) is 0 Å². The fourth-order valence-electron chi connectivity index (χ4n) is 3.23. The summed E-state index contributed by atoms with van der Waals surface area (Å²) in [7, 11) is 0. The molecule has 1 amide bonds. The number of furan rings is 2. The van der Waals surface area contributed by atoms with Gasteiger partial charge in [-0.05, 0) is 36.3 Å². The molecule has 3 aromatic heterocycles. The zero-order chi connectivity index (χ0) is 22.1. The van der Waals surface area contributed by atoms with Crippen molar-refractivity contribution >= 4 is 28.9 Å². The summed E-state index contributed by atoms with van der Waals surface area (Å²) in [5.74, 6) is 5.53. The molecule has 32 heavy (non-hydrogen) atoms. The first-order valence-electron chi connectivity index (χ1n) is 9.75. The van der Waals surface area contributed by atoms with Gasteiger partial charge in [0.05, 0.1) is 5.39 Å². The molecule has 9 heteroatoms. The van der Waals surface area contributed by atoms with Gasteiger partial charge in [-0.3, -0.25) is 10.1 Å². The zero-order valence-corrected chi connectivity index (χ0v) is 16.6. The van der Waals surface area contributed by atoms with Crippen molar-refractivity contribution in [1.29, 1.82) is 0 Å². The molecular weight excluding hydrogens is 416 g/mol. The number of amides is 1. The van der Waals surface area contributed by atoms with Crippen LogP contribution in [0, 0.1) is 11.8 Å². The van der Waals surface area contributed by atoms with Crippen molar-refractivity contribution in [2.45, 2.75) is 24.9 Å². The number of benzene rings is 1. The van der Waals surface area contributed by atoms with E-state index in [1.54, 1.807) is 12.1 Å². The molecule has 0 radical (unpaired) electrons. The maximum Gasteiger partial charge on any atom is 0.412 e. The van der Waals surface area contributed by atoms with Crippen molar-refractivity contribution in [3.05, 3.63) is 71.5 Å². The number of fused-ring (bicyclic) bond motifs is 1. The molecule has 3 heterocycles. The minimum Gasteiger partial charge on any atom is -0.480 e. The number of nitrogens with zero attached hydrogens (tertiary/aromatic N) is 1. The molecule has 9 nitrogen and oxygen atoms in total. The van der Waals surface area contributed by atoms with Gasteiger partial charge < -0.3 is 23.2 Å². The number of aromatic nitrogens is 1. The molecule has 0 aliphatic heterocycles. The lowest BCUT2D eigenvalue weighted by atomic mass is 10.0. The summed E-state index contributed by atoms with van der Waals surface area (Å²) in [6.07, 6.45) is 1.66. The molecular formula is C23H16N2O7. The average molecular weight is 432 g/mol. The van der Waals surface area contributed by atoms with E-state index in [1.165, 1.54) is 6.26 Å². The molecule has 1 aromatic carbocycles. The number of aliphatic carboxylic acids is 1. The summed E-state index contributed by atoms with van der Waals surface area (Å²) in [5.41, 5.74) is 0.363. The van der Waals surface area contributed by atoms with Crippen LogP contribution in [-0.2, 0) is 21.6 Å². The molecule has 0 unspecified atom stereocenters. The molecule has 5 rings (SSSR count). The van der Waals surface area contributed by atoms with Gasteiger partial charge in [-0.2, -0.15) is 0 Å². The normalized spacial score (nSPS) is 13.9. The van der Waals surface area contributed by atoms with Crippen LogP contribution >= 0.6 is 0 Å². The predicted molar refractivity (Wildman–Crippen MR) is 110 cm³/mol. The van der Waals surface area contributed by atoms with Gasteiger partial charge in [-0.1, -0.05) is 35.5 Å². The second-order valence-corrected chi connectivity index (χ2v) is 7.36. The third kappa shape index (κ3) is 3.70. The van der Waals surface area contributed by atoms with E-state index in [0.717, 1.165) is 5.56 Å². The predicted octanol–water partition coefficient (Wildman–Crippen LogP) is 4.28. The highest BCUT2D eigenvalue weighted by atomic mass is 16.5. The highest BCUT2D eigenvalue weighted by Gasteiger charge is 2.54. The fraction of sp³-hybridized carbons (Fsp3) is 0.174. The third-order valence-corrected chi connectivity index (χ3v) is 5.17. The lowest BCUT2D eigenvalue weighted by Crippen LogP contribution is -2.18. The number of ether oxygens (including phenoxy) is 1. The number of carbonyl (C=O) groups is 2. The van der Waals surface area contributed by atoms with Crippen LogP contribution in [0.2, 0.25) is 0 Å². The Labute approximate surface area is 180 Å². The summed E-state index contributed by atoms with van der Waals surface area (Å²) >= 11 is 0. The maximum atomic E-state index is 12.0. The van der Waals surface area contributed by atoms with Crippen molar-refractivity contribution < 1.29 is 32.8 Å². The van der Waals surface area contributed by atoms with Gasteiger partial charge in [0, 0.05) is 6.07 Å².